The van der Waals surface area contributed by atoms with Gasteiger partial charge in [0, 0.05) is 38.9 Å². The highest BCUT2D eigenvalue weighted by atomic mass is 15.2. The van der Waals surface area contributed by atoms with Crippen molar-refractivity contribution in [2.45, 2.75) is 26.4 Å². The van der Waals surface area contributed by atoms with Crippen molar-refractivity contribution in [2.24, 2.45) is 0 Å². The Balaban J connectivity index is 2.55. The van der Waals surface area contributed by atoms with Crippen LogP contribution in [-0.2, 0) is 6.54 Å². The van der Waals surface area contributed by atoms with Gasteiger partial charge in [-0.15, -0.1) is 0 Å². The molecule has 102 valence electrons. The Kier molecular flexibility index (Phi) is 6.09. The number of nitrogens with one attached hydrogen (secondary N) is 1. The molecule has 4 nitrogen and oxygen atoms in total. The van der Waals surface area contributed by atoms with Crippen LogP contribution in [0.2, 0.25) is 0 Å². The summed E-state index contributed by atoms with van der Waals surface area (Å²) in [7, 11) is 6.18. The number of hydrogen-bond donors (Lipinski definition) is 1. The normalized spacial score (nSPS) is 11.3. The molecule has 0 spiro atoms. The molecule has 0 radical (unpaired) electrons. The van der Waals surface area contributed by atoms with E-state index in [9.17, 15) is 0 Å². The maximum Gasteiger partial charge on any atom is 0.128 e. The van der Waals surface area contributed by atoms with Crippen LogP contribution in [0.5, 0.6) is 0 Å². The Morgan fingerprint density at radius 1 is 1.28 bits per heavy atom. The van der Waals surface area contributed by atoms with E-state index in [0.29, 0.717) is 6.04 Å². The second kappa shape index (κ2) is 7.34. The molecular weight excluding hydrogens is 224 g/mol. The van der Waals surface area contributed by atoms with Crippen LogP contribution >= 0.6 is 0 Å². The van der Waals surface area contributed by atoms with Crippen LogP contribution in [0.4, 0.5) is 5.82 Å². The van der Waals surface area contributed by atoms with Gasteiger partial charge in [0.1, 0.15) is 5.82 Å². The third-order valence-corrected chi connectivity index (χ3v) is 3.14. The highest BCUT2D eigenvalue weighted by molar-refractivity contribution is 5.39. The molecule has 0 saturated carbocycles. The molecule has 1 N–H and O–H groups in total. The first-order valence-corrected chi connectivity index (χ1v) is 6.55. The number of nitrogens with zero attached hydrogens (tertiary/aromatic N) is 3. The molecule has 0 atom stereocenters. The molecule has 0 unspecified atom stereocenters. The van der Waals surface area contributed by atoms with E-state index in [1.165, 1.54) is 5.56 Å². The van der Waals surface area contributed by atoms with Gasteiger partial charge in [-0.1, -0.05) is 6.07 Å². The minimum Gasteiger partial charge on any atom is -0.357 e. The fourth-order valence-electron chi connectivity index (χ4n) is 1.68. The van der Waals surface area contributed by atoms with Crippen LogP contribution < -0.4 is 10.2 Å². The smallest absolute Gasteiger partial charge is 0.128 e. The topological polar surface area (TPSA) is 31.4 Å². The standard InChI is InChI=1S/C14H26N4/c1-12(2)18(5)14-7-6-13(10-16-14)11-17(4)9-8-15-3/h6-7,10,12,15H,8-9,11H2,1-5H3. The summed E-state index contributed by atoms with van der Waals surface area (Å²) in [4.78, 5) is 8.98. The fraction of sp³-hybridized carbons (Fsp3) is 0.643. The van der Waals surface area contributed by atoms with Crippen molar-refractivity contribution in [3.8, 4) is 0 Å². The predicted molar refractivity (Wildman–Crippen MR) is 78.0 cm³/mol. The number of aromatic nitrogens is 1. The van der Waals surface area contributed by atoms with E-state index in [-0.39, 0.29) is 0 Å². The zero-order chi connectivity index (χ0) is 13.5. The van der Waals surface area contributed by atoms with Gasteiger partial charge in [0.25, 0.3) is 0 Å². The SMILES string of the molecule is CNCCN(C)Cc1ccc(N(C)C(C)C)nc1. The summed E-state index contributed by atoms with van der Waals surface area (Å²) in [5.41, 5.74) is 1.26. The molecule has 0 aliphatic heterocycles. The largest absolute Gasteiger partial charge is 0.357 e. The lowest BCUT2D eigenvalue weighted by molar-refractivity contribution is 0.328. The lowest BCUT2D eigenvalue weighted by atomic mass is 10.2. The quantitative estimate of drug-likeness (QED) is 0.796. The first-order chi connectivity index (χ1) is 8.54. The van der Waals surface area contributed by atoms with Gasteiger partial charge in [-0.05, 0) is 39.6 Å². The summed E-state index contributed by atoms with van der Waals surface area (Å²) >= 11 is 0. The van der Waals surface area contributed by atoms with Crippen molar-refractivity contribution in [3.63, 3.8) is 0 Å². The summed E-state index contributed by atoms with van der Waals surface area (Å²) < 4.78 is 0. The molecule has 0 bridgehead atoms. The van der Waals surface area contributed by atoms with Crippen LogP contribution in [0.3, 0.4) is 0 Å². The summed E-state index contributed by atoms with van der Waals surface area (Å²) in [6.07, 6.45) is 1.98. The Labute approximate surface area is 111 Å². The molecule has 18 heavy (non-hydrogen) atoms. The van der Waals surface area contributed by atoms with Crippen molar-refractivity contribution in [1.82, 2.24) is 15.2 Å². The van der Waals surface area contributed by atoms with Gasteiger partial charge in [0.15, 0.2) is 0 Å². The fourth-order valence-corrected chi connectivity index (χ4v) is 1.68. The van der Waals surface area contributed by atoms with Gasteiger partial charge in [-0.25, -0.2) is 4.98 Å². The summed E-state index contributed by atoms with van der Waals surface area (Å²) in [6.45, 7) is 7.34. The lowest BCUT2D eigenvalue weighted by Crippen LogP contribution is -2.27. The zero-order valence-electron chi connectivity index (χ0n) is 12.3. The second-order valence-electron chi connectivity index (χ2n) is 5.07. The summed E-state index contributed by atoms with van der Waals surface area (Å²) in [5, 5.41) is 3.16. The minimum atomic E-state index is 0.474. The Morgan fingerprint density at radius 2 is 2.00 bits per heavy atom. The van der Waals surface area contributed by atoms with Crippen LogP contribution in [0, 0.1) is 0 Å². The van der Waals surface area contributed by atoms with Gasteiger partial charge in [-0.2, -0.15) is 0 Å². The molecule has 0 aliphatic carbocycles. The highest BCUT2D eigenvalue weighted by Gasteiger charge is 2.06. The minimum absolute atomic E-state index is 0.474. The molecule has 0 aromatic carbocycles. The molecule has 1 aromatic heterocycles. The van der Waals surface area contributed by atoms with Crippen LogP contribution in [0.1, 0.15) is 19.4 Å². The third kappa shape index (κ3) is 4.63. The predicted octanol–water partition coefficient (Wildman–Crippen LogP) is 1.58. The number of rotatable bonds is 7. The van der Waals surface area contributed by atoms with E-state index in [2.05, 4.69) is 60.2 Å². The summed E-state index contributed by atoms with van der Waals surface area (Å²) in [6, 6.07) is 4.74. The zero-order valence-corrected chi connectivity index (χ0v) is 12.3. The molecule has 0 fully saturated rings. The molecule has 1 rings (SSSR count). The average Bonchev–Trinajstić information content (AvgIpc) is 2.36. The van der Waals surface area contributed by atoms with E-state index >= 15 is 0 Å². The van der Waals surface area contributed by atoms with Gasteiger partial charge >= 0.3 is 0 Å². The van der Waals surface area contributed by atoms with Gasteiger partial charge in [0.2, 0.25) is 0 Å². The van der Waals surface area contributed by atoms with Crippen LogP contribution in [0.25, 0.3) is 0 Å². The third-order valence-electron chi connectivity index (χ3n) is 3.14. The van der Waals surface area contributed by atoms with Crippen molar-refractivity contribution in [2.75, 3.05) is 39.1 Å². The number of pyridine rings is 1. The van der Waals surface area contributed by atoms with E-state index in [0.717, 1.165) is 25.5 Å². The summed E-state index contributed by atoms with van der Waals surface area (Å²) in [5.74, 6) is 1.03. The Bertz CT molecular complexity index is 334. The van der Waals surface area contributed by atoms with Crippen molar-refractivity contribution >= 4 is 5.82 Å². The number of likely N-dealkylation sites (N-methyl/N-ethyl adjacent to an activating group) is 2. The maximum absolute atomic E-state index is 4.52. The first kappa shape index (κ1) is 14.9. The maximum atomic E-state index is 4.52. The van der Waals surface area contributed by atoms with E-state index < -0.39 is 0 Å². The molecular formula is C14H26N4. The second-order valence-corrected chi connectivity index (χ2v) is 5.07. The number of anilines is 1. The molecule has 0 aliphatic rings. The molecule has 0 saturated heterocycles. The van der Waals surface area contributed by atoms with E-state index in [1.54, 1.807) is 0 Å². The molecule has 0 amide bonds. The van der Waals surface area contributed by atoms with Crippen LogP contribution in [-0.4, -0.2) is 50.2 Å². The Morgan fingerprint density at radius 3 is 2.50 bits per heavy atom. The van der Waals surface area contributed by atoms with Crippen molar-refractivity contribution in [3.05, 3.63) is 23.9 Å². The molecule has 1 heterocycles. The van der Waals surface area contributed by atoms with Crippen molar-refractivity contribution < 1.29 is 0 Å². The number of hydrogen-bond acceptors (Lipinski definition) is 4. The van der Waals surface area contributed by atoms with Gasteiger partial charge in [-0.3, -0.25) is 0 Å². The van der Waals surface area contributed by atoms with Crippen molar-refractivity contribution in [1.29, 1.82) is 0 Å². The lowest BCUT2D eigenvalue weighted by Gasteiger charge is -2.23. The van der Waals surface area contributed by atoms with E-state index in [4.69, 9.17) is 0 Å². The Hall–Kier alpha value is -1.13. The van der Waals surface area contributed by atoms with Gasteiger partial charge in [0.05, 0.1) is 0 Å². The van der Waals surface area contributed by atoms with E-state index in [1.807, 2.05) is 13.2 Å². The molecule has 4 heteroatoms. The highest BCUT2D eigenvalue weighted by Crippen LogP contribution is 2.12. The monoisotopic (exact) mass is 250 g/mol. The first-order valence-electron chi connectivity index (χ1n) is 6.55. The van der Waals surface area contributed by atoms with Gasteiger partial charge < -0.3 is 15.1 Å². The molecule has 1 aromatic rings. The average molecular weight is 250 g/mol. The van der Waals surface area contributed by atoms with Crippen LogP contribution in [0.15, 0.2) is 18.3 Å².